The van der Waals surface area contributed by atoms with E-state index in [9.17, 15) is 0 Å². The maximum Gasteiger partial charge on any atom is 0.118 e. The molecular weight excluding hydrogens is 192 g/mol. The Bertz CT molecular complexity index is 311. The summed E-state index contributed by atoms with van der Waals surface area (Å²) in [5.41, 5.74) is 6.59. The molecule has 1 aromatic heterocycles. The van der Waals surface area contributed by atoms with Gasteiger partial charge in [-0.15, -0.1) is 0 Å². The Morgan fingerprint density at radius 3 is 3.13 bits per heavy atom. The Balaban J connectivity index is 1.90. The molecule has 2 N–H and O–H groups in total. The molecule has 4 heteroatoms. The molecule has 2 heterocycles. The van der Waals surface area contributed by atoms with Crippen LogP contribution < -0.4 is 5.73 Å². The minimum atomic E-state index is 0.322. The summed E-state index contributed by atoms with van der Waals surface area (Å²) in [6.45, 7) is 6.25. The second-order valence-electron chi connectivity index (χ2n) is 4.04. The van der Waals surface area contributed by atoms with Gasteiger partial charge in [-0.3, -0.25) is 4.90 Å². The van der Waals surface area contributed by atoms with Crippen LogP contribution in [0, 0.1) is 0 Å². The third-order valence-corrected chi connectivity index (χ3v) is 2.65. The Kier molecular flexibility index (Phi) is 3.41. The van der Waals surface area contributed by atoms with Gasteiger partial charge >= 0.3 is 0 Å². The highest BCUT2D eigenvalue weighted by atomic mass is 16.5. The standard InChI is InChI=1S/C11H18N2O2/c1-9-6-13(2-3-14-9)7-11-4-10(5-12)8-15-11/h4,8-9H,2-3,5-7,12H2,1H3. The van der Waals surface area contributed by atoms with Crippen molar-refractivity contribution in [2.24, 2.45) is 5.73 Å². The van der Waals surface area contributed by atoms with Gasteiger partial charge in [-0.1, -0.05) is 0 Å². The molecule has 1 atom stereocenters. The van der Waals surface area contributed by atoms with Gasteiger partial charge in [0.15, 0.2) is 0 Å². The van der Waals surface area contributed by atoms with Crippen LogP contribution in [-0.2, 0) is 17.8 Å². The molecule has 0 radical (unpaired) electrons. The van der Waals surface area contributed by atoms with E-state index in [2.05, 4.69) is 11.8 Å². The maximum atomic E-state index is 5.52. The molecule has 84 valence electrons. The van der Waals surface area contributed by atoms with Gasteiger partial charge in [0.2, 0.25) is 0 Å². The highest BCUT2D eigenvalue weighted by molar-refractivity contribution is 5.12. The molecule has 1 unspecified atom stereocenters. The Labute approximate surface area is 90.0 Å². The quantitative estimate of drug-likeness (QED) is 0.807. The number of nitrogens with zero attached hydrogens (tertiary/aromatic N) is 1. The molecule has 2 rings (SSSR count). The minimum absolute atomic E-state index is 0.322. The van der Waals surface area contributed by atoms with Crippen molar-refractivity contribution in [1.29, 1.82) is 0 Å². The van der Waals surface area contributed by atoms with Crippen molar-refractivity contribution < 1.29 is 9.15 Å². The van der Waals surface area contributed by atoms with Crippen molar-refractivity contribution in [3.05, 3.63) is 23.7 Å². The predicted octanol–water partition coefficient (Wildman–Crippen LogP) is 0.959. The van der Waals surface area contributed by atoms with E-state index in [4.69, 9.17) is 14.9 Å². The topological polar surface area (TPSA) is 51.6 Å². The van der Waals surface area contributed by atoms with Crippen LogP contribution in [0.25, 0.3) is 0 Å². The Morgan fingerprint density at radius 2 is 2.47 bits per heavy atom. The van der Waals surface area contributed by atoms with E-state index in [-0.39, 0.29) is 0 Å². The van der Waals surface area contributed by atoms with E-state index in [1.807, 2.05) is 6.07 Å². The Hall–Kier alpha value is -0.840. The lowest BCUT2D eigenvalue weighted by Gasteiger charge is -2.30. The average molecular weight is 210 g/mol. The molecule has 15 heavy (non-hydrogen) atoms. The first kappa shape index (κ1) is 10.7. The molecule has 1 fully saturated rings. The molecule has 0 aliphatic carbocycles. The van der Waals surface area contributed by atoms with Gasteiger partial charge in [0, 0.05) is 25.2 Å². The zero-order chi connectivity index (χ0) is 10.7. The molecular formula is C11H18N2O2. The molecule has 1 saturated heterocycles. The first-order valence-corrected chi connectivity index (χ1v) is 5.38. The number of rotatable bonds is 3. The lowest BCUT2D eigenvalue weighted by Crippen LogP contribution is -2.40. The predicted molar refractivity (Wildman–Crippen MR) is 57.3 cm³/mol. The van der Waals surface area contributed by atoms with E-state index in [0.717, 1.165) is 37.6 Å². The van der Waals surface area contributed by atoms with Crippen molar-refractivity contribution in [3.63, 3.8) is 0 Å². The van der Waals surface area contributed by atoms with Crippen LogP contribution in [0.1, 0.15) is 18.2 Å². The zero-order valence-electron chi connectivity index (χ0n) is 9.11. The van der Waals surface area contributed by atoms with Crippen molar-refractivity contribution in [2.45, 2.75) is 26.1 Å². The van der Waals surface area contributed by atoms with Gasteiger partial charge in [0.1, 0.15) is 5.76 Å². The van der Waals surface area contributed by atoms with E-state index >= 15 is 0 Å². The molecule has 1 aliphatic heterocycles. The third kappa shape index (κ3) is 2.81. The highest BCUT2D eigenvalue weighted by Gasteiger charge is 2.17. The third-order valence-electron chi connectivity index (χ3n) is 2.65. The van der Waals surface area contributed by atoms with Gasteiger partial charge in [0.25, 0.3) is 0 Å². The molecule has 0 bridgehead atoms. The highest BCUT2D eigenvalue weighted by Crippen LogP contribution is 2.12. The van der Waals surface area contributed by atoms with Crippen LogP contribution >= 0.6 is 0 Å². The fourth-order valence-electron chi connectivity index (χ4n) is 1.87. The maximum absolute atomic E-state index is 5.52. The summed E-state index contributed by atoms with van der Waals surface area (Å²) in [5.74, 6) is 0.990. The molecule has 0 saturated carbocycles. The number of hydrogen-bond acceptors (Lipinski definition) is 4. The first-order chi connectivity index (χ1) is 7.28. The van der Waals surface area contributed by atoms with Crippen LogP contribution in [0.5, 0.6) is 0 Å². The number of ether oxygens (including phenoxy) is 1. The molecule has 4 nitrogen and oxygen atoms in total. The smallest absolute Gasteiger partial charge is 0.118 e. The van der Waals surface area contributed by atoms with E-state index in [1.54, 1.807) is 6.26 Å². The SMILES string of the molecule is CC1CN(Cc2cc(CN)co2)CCO1. The molecule has 0 amide bonds. The summed E-state index contributed by atoms with van der Waals surface area (Å²) >= 11 is 0. The van der Waals surface area contributed by atoms with Crippen LogP contribution in [0.2, 0.25) is 0 Å². The molecule has 0 spiro atoms. The summed E-state index contributed by atoms with van der Waals surface area (Å²) in [7, 11) is 0. The van der Waals surface area contributed by atoms with Gasteiger partial charge in [-0.05, 0) is 13.0 Å². The number of furan rings is 1. The van der Waals surface area contributed by atoms with Crippen molar-refractivity contribution >= 4 is 0 Å². The number of morpholine rings is 1. The van der Waals surface area contributed by atoms with Crippen LogP contribution in [0.3, 0.4) is 0 Å². The summed E-state index contributed by atoms with van der Waals surface area (Å²) in [5, 5.41) is 0. The lowest BCUT2D eigenvalue weighted by atomic mass is 10.2. The first-order valence-electron chi connectivity index (χ1n) is 5.38. The monoisotopic (exact) mass is 210 g/mol. The largest absolute Gasteiger partial charge is 0.468 e. The van der Waals surface area contributed by atoms with E-state index < -0.39 is 0 Å². The van der Waals surface area contributed by atoms with E-state index in [0.29, 0.717) is 12.6 Å². The second-order valence-corrected chi connectivity index (χ2v) is 4.04. The molecule has 1 aliphatic rings. The van der Waals surface area contributed by atoms with Crippen molar-refractivity contribution in [2.75, 3.05) is 19.7 Å². The fourth-order valence-corrected chi connectivity index (χ4v) is 1.87. The van der Waals surface area contributed by atoms with Crippen LogP contribution in [0.15, 0.2) is 16.7 Å². The minimum Gasteiger partial charge on any atom is -0.468 e. The van der Waals surface area contributed by atoms with Crippen LogP contribution in [0.4, 0.5) is 0 Å². The zero-order valence-corrected chi connectivity index (χ0v) is 9.11. The lowest BCUT2D eigenvalue weighted by molar-refractivity contribution is -0.0230. The number of hydrogen-bond donors (Lipinski definition) is 1. The van der Waals surface area contributed by atoms with Crippen molar-refractivity contribution in [3.8, 4) is 0 Å². The average Bonchev–Trinajstić information content (AvgIpc) is 2.65. The van der Waals surface area contributed by atoms with Gasteiger partial charge in [0.05, 0.1) is 25.5 Å². The van der Waals surface area contributed by atoms with Gasteiger partial charge in [-0.2, -0.15) is 0 Å². The second kappa shape index (κ2) is 4.79. The van der Waals surface area contributed by atoms with Crippen LogP contribution in [-0.4, -0.2) is 30.7 Å². The molecule has 0 aromatic carbocycles. The fraction of sp³-hybridized carbons (Fsp3) is 0.636. The summed E-state index contributed by atoms with van der Waals surface area (Å²) in [6.07, 6.45) is 2.06. The normalized spacial score (nSPS) is 23.2. The van der Waals surface area contributed by atoms with E-state index in [1.165, 1.54) is 0 Å². The summed E-state index contributed by atoms with van der Waals surface area (Å²) in [4.78, 5) is 2.34. The van der Waals surface area contributed by atoms with Gasteiger partial charge in [-0.25, -0.2) is 0 Å². The summed E-state index contributed by atoms with van der Waals surface area (Å²) < 4.78 is 10.9. The van der Waals surface area contributed by atoms with Crippen molar-refractivity contribution in [1.82, 2.24) is 4.90 Å². The number of nitrogens with two attached hydrogens (primary N) is 1. The summed E-state index contributed by atoms with van der Waals surface area (Å²) in [6, 6.07) is 2.03. The van der Waals surface area contributed by atoms with Gasteiger partial charge < -0.3 is 14.9 Å². The Morgan fingerprint density at radius 1 is 1.60 bits per heavy atom. The molecule has 1 aromatic rings.